The molecule has 1 aliphatic rings. The van der Waals surface area contributed by atoms with Crippen LogP contribution in [-0.2, 0) is 11.3 Å². The normalized spacial score (nSPS) is 14.6. The number of esters is 1. The second-order valence-electron chi connectivity index (χ2n) is 6.95. The summed E-state index contributed by atoms with van der Waals surface area (Å²) in [6.07, 6.45) is 0. The molecule has 1 aliphatic heterocycles. The molecule has 0 saturated carbocycles. The van der Waals surface area contributed by atoms with Gasteiger partial charge in [-0.1, -0.05) is 42.0 Å². The lowest BCUT2D eigenvalue weighted by atomic mass is 10.1. The van der Waals surface area contributed by atoms with Gasteiger partial charge in [0.2, 0.25) is 0 Å². The Morgan fingerprint density at radius 2 is 1.79 bits per heavy atom. The number of hydrogen-bond acceptors (Lipinski definition) is 4. The Morgan fingerprint density at radius 3 is 2.50 bits per heavy atom. The Balaban J connectivity index is 1.55. The van der Waals surface area contributed by atoms with Crippen LogP contribution in [0.1, 0.15) is 28.4 Å². The van der Waals surface area contributed by atoms with Crippen LogP contribution in [0.15, 0.2) is 48.5 Å². The molecule has 2 amide bonds. The molecule has 1 N–H and O–H groups in total. The Kier molecular flexibility index (Phi) is 6.66. The van der Waals surface area contributed by atoms with Crippen molar-refractivity contribution in [1.29, 1.82) is 0 Å². The third kappa shape index (κ3) is 5.10. The van der Waals surface area contributed by atoms with Crippen LogP contribution in [-0.4, -0.2) is 54.6 Å². The average molecular weight is 381 g/mol. The van der Waals surface area contributed by atoms with Gasteiger partial charge in [0.15, 0.2) is 0 Å². The van der Waals surface area contributed by atoms with E-state index in [1.807, 2.05) is 0 Å². The molecule has 0 aliphatic carbocycles. The van der Waals surface area contributed by atoms with Crippen molar-refractivity contribution >= 4 is 17.7 Å². The van der Waals surface area contributed by atoms with Gasteiger partial charge in [-0.15, -0.1) is 0 Å². The highest BCUT2D eigenvalue weighted by molar-refractivity contribution is 6.00. The van der Waals surface area contributed by atoms with Gasteiger partial charge in [-0.2, -0.15) is 0 Å². The van der Waals surface area contributed by atoms with E-state index in [1.165, 1.54) is 11.1 Å². The number of nitrogens with zero attached hydrogens (tertiary/aromatic N) is 2. The second kappa shape index (κ2) is 9.37. The quantitative estimate of drug-likeness (QED) is 0.805. The molecule has 6 heteroatoms. The number of carbonyl (C=O) groups excluding carboxylic acids is 2. The molecule has 0 atom stereocenters. The fraction of sp³-hybridized carbons (Fsp3) is 0.364. The molecular formula is C22H27N3O3. The lowest BCUT2D eigenvalue weighted by Crippen LogP contribution is -2.49. The van der Waals surface area contributed by atoms with Crippen LogP contribution < -0.4 is 5.32 Å². The number of amides is 2. The smallest absolute Gasteiger partial charge is 0.340 e. The SMILES string of the molecule is CCOC(=O)c1ccccc1NC(=O)N1CCN(Cc2cccc(C)c2)CC1. The van der Waals surface area contributed by atoms with E-state index in [4.69, 9.17) is 4.74 Å². The van der Waals surface area contributed by atoms with E-state index in [0.29, 0.717) is 30.9 Å². The number of ether oxygens (including phenoxy) is 1. The lowest BCUT2D eigenvalue weighted by Gasteiger charge is -2.34. The van der Waals surface area contributed by atoms with Crippen LogP contribution in [0.2, 0.25) is 0 Å². The van der Waals surface area contributed by atoms with E-state index in [0.717, 1.165) is 19.6 Å². The van der Waals surface area contributed by atoms with Gasteiger partial charge in [0, 0.05) is 32.7 Å². The van der Waals surface area contributed by atoms with Crippen molar-refractivity contribution in [1.82, 2.24) is 9.80 Å². The molecule has 3 rings (SSSR count). The Bertz CT molecular complexity index is 829. The third-order valence-corrected chi connectivity index (χ3v) is 4.81. The molecule has 1 fully saturated rings. The number of nitrogens with one attached hydrogen (secondary N) is 1. The largest absolute Gasteiger partial charge is 0.462 e. The first-order chi connectivity index (χ1) is 13.6. The first-order valence-corrected chi connectivity index (χ1v) is 9.67. The number of benzene rings is 2. The number of carbonyl (C=O) groups is 2. The number of anilines is 1. The summed E-state index contributed by atoms with van der Waals surface area (Å²) in [6.45, 7) is 7.99. The predicted octanol–water partition coefficient (Wildman–Crippen LogP) is 3.52. The van der Waals surface area contributed by atoms with Crippen LogP contribution in [0.5, 0.6) is 0 Å². The molecule has 1 saturated heterocycles. The Labute approximate surface area is 166 Å². The summed E-state index contributed by atoms with van der Waals surface area (Å²) >= 11 is 0. The van der Waals surface area contributed by atoms with E-state index < -0.39 is 5.97 Å². The van der Waals surface area contributed by atoms with Crippen molar-refractivity contribution < 1.29 is 14.3 Å². The maximum absolute atomic E-state index is 12.7. The van der Waals surface area contributed by atoms with Gasteiger partial charge in [-0.05, 0) is 31.5 Å². The van der Waals surface area contributed by atoms with Crippen LogP contribution in [0.3, 0.4) is 0 Å². The molecule has 28 heavy (non-hydrogen) atoms. The zero-order valence-electron chi connectivity index (χ0n) is 16.5. The summed E-state index contributed by atoms with van der Waals surface area (Å²) in [4.78, 5) is 28.9. The van der Waals surface area contributed by atoms with Gasteiger partial charge in [0.1, 0.15) is 0 Å². The first kappa shape index (κ1) is 19.9. The van der Waals surface area contributed by atoms with Crippen LogP contribution in [0, 0.1) is 6.92 Å². The van der Waals surface area contributed by atoms with Gasteiger partial charge < -0.3 is 15.0 Å². The van der Waals surface area contributed by atoms with Gasteiger partial charge >= 0.3 is 12.0 Å². The Hall–Kier alpha value is -2.86. The molecular weight excluding hydrogens is 354 g/mol. The molecule has 148 valence electrons. The minimum Gasteiger partial charge on any atom is -0.462 e. The van der Waals surface area contributed by atoms with E-state index in [9.17, 15) is 9.59 Å². The number of urea groups is 1. The van der Waals surface area contributed by atoms with Gasteiger partial charge in [-0.25, -0.2) is 9.59 Å². The summed E-state index contributed by atoms with van der Waals surface area (Å²) in [5.41, 5.74) is 3.40. The monoisotopic (exact) mass is 381 g/mol. The number of para-hydroxylation sites is 1. The molecule has 0 aromatic heterocycles. The van der Waals surface area contributed by atoms with Gasteiger partial charge in [0.25, 0.3) is 0 Å². The fourth-order valence-corrected chi connectivity index (χ4v) is 3.35. The van der Waals surface area contributed by atoms with Crippen molar-refractivity contribution in [3.05, 3.63) is 65.2 Å². The van der Waals surface area contributed by atoms with E-state index in [2.05, 4.69) is 41.4 Å². The zero-order chi connectivity index (χ0) is 19.9. The highest BCUT2D eigenvalue weighted by Crippen LogP contribution is 2.18. The van der Waals surface area contributed by atoms with E-state index in [1.54, 1.807) is 36.1 Å². The standard InChI is InChI=1S/C22H27N3O3/c1-3-28-21(26)19-9-4-5-10-20(19)23-22(27)25-13-11-24(12-14-25)16-18-8-6-7-17(2)15-18/h4-10,15H,3,11-14,16H2,1-2H3,(H,23,27). The predicted molar refractivity (Wildman–Crippen MR) is 109 cm³/mol. The summed E-state index contributed by atoms with van der Waals surface area (Å²) < 4.78 is 5.06. The maximum Gasteiger partial charge on any atom is 0.340 e. The topological polar surface area (TPSA) is 61.9 Å². The van der Waals surface area contributed by atoms with E-state index >= 15 is 0 Å². The van der Waals surface area contributed by atoms with Gasteiger partial charge in [0.05, 0.1) is 17.9 Å². The summed E-state index contributed by atoms with van der Waals surface area (Å²) in [5, 5.41) is 2.86. The highest BCUT2D eigenvalue weighted by atomic mass is 16.5. The van der Waals surface area contributed by atoms with Gasteiger partial charge in [-0.3, -0.25) is 4.90 Å². The Morgan fingerprint density at radius 1 is 1.04 bits per heavy atom. The molecule has 0 spiro atoms. The number of piperazine rings is 1. The van der Waals surface area contributed by atoms with Crippen molar-refractivity contribution in [3.8, 4) is 0 Å². The van der Waals surface area contributed by atoms with Crippen LogP contribution >= 0.6 is 0 Å². The number of rotatable bonds is 5. The average Bonchev–Trinajstić information content (AvgIpc) is 2.69. The third-order valence-electron chi connectivity index (χ3n) is 4.81. The molecule has 1 heterocycles. The molecule has 0 bridgehead atoms. The van der Waals surface area contributed by atoms with Crippen LogP contribution in [0.4, 0.5) is 10.5 Å². The van der Waals surface area contributed by atoms with Crippen LogP contribution in [0.25, 0.3) is 0 Å². The van der Waals surface area contributed by atoms with Crippen molar-refractivity contribution in [2.75, 3.05) is 38.1 Å². The number of aryl methyl sites for hydroxylation is 1. The molecule has 0 radical (unpaired) electrons. The molecule has 2 aromatic carbocycles. The molecule has 2 aromatic rings. The first-order valence-electron chi connectivity index (χ1n) is 9.67. The minimum absolute atomic E-state index is 0.188. The highest BCUT2D eigenvalue weighted by Gasteiger charge is 2.22. The lowest BCUT2D eigenvalue weighted by molar-refractivity contribution is 0.0527. The molecule has 0 unspecified atom stereocenters. The summed E-state index contributed by atoms with van der Waals surface area (Å²) in [7, 11) is 0. The molecule has 6 nitrogen and oxygen atoms in total. The summed E-state index contributed by atoms with van der Waals surface area (Å²) in [6, 6.07) is 15.3. The second-order valence-corrected chi connectivity index (χ2v) is 6.95. The maximum atomic E-state index is 12.7. The zero-order valence-corrected chi connectivity index (χ0v) is 16.5. The van der Waals surface area contributed by atoms with Crippen molar-refractivity contribution in [2.45, 2.75) is 20.4 Å². The van der Waals surface area contributed by atoms with Crippen molar-refractivity contribution in [3.63, 3.8) is 0 Å². The number of hydrogen-bond donors (Lipinski definition) is 1. The fourth-order valence-electron chi connectivity index (χ4n) is 3.35. The van der Waals surface area contributed by atoms with Crippen molar-refractivity contribution in [2.24, 2.45) is 0 Å². The summed E-state index contributed by atoms with van der Waals surface area (Å²) in [5.74, 6) is -0.429. The minimum atomic E-state index is -0.429. The van der Waals surface area contributed by atoms with E-state index in [-0.39, 0.29) is 6.03 Å².